The SMILES string of the molecule is COC(C)(C)CCNc1nnc(C)s1. The number of ether oxygens (including phenoxy) is 1. The number of anilines is 1. The van der Waals surface area contributed by atoms with Crippen molar-refractivity contribution in [3.8, 4) is 0 Å². The van der Waals surface area contributed by atoms with Gasteiger partial charge in [0.1, 0.15) is 5.01 Å². The zero-order valence-electron chi connectivity index (χ0n) is 9.13. The highest BCUT2D eigenvalue weighted by Crippen LogP contribution is 2.16. The van der Waals surface area contributed by atoms with Crippen LogP contribution in [0.4, 0.5) is 5.13 Å². The third-order valence-corrected chi connectivity index (χ3v) is 2.88. The quantitative estimate of drug-likeness (QED) is 0.817. The van der Waals surface area contributed by atoms with Gasteiger partial charge in [0.05, 0.1) is 5.60 Å². The molecule has 0 atom stereocenters. The molecule has 1 aromatic heterocycles. The second kappa shape index (κ2) is 4.70. The van der Waals surface area contributed by atoms with Crippen LogP contribution >= 0.6 is 11.3 Å². The summed E-state index contributed by atoms with van der Waals surface area (Å²) in [5.41, 5.74) is -0.0767. The molecule has 5 heteroatoms. The van der Waals surface area contributed by atoms with Crippen molar-refractivity contribution in [1.82, 2.24) is 10.2 Å². The Balaban J connectivity index is 2.28. The second-order valence-corrected chi connectivity index (χ2v) is 4.95. The maximum absolute atomic E-state index is 5.31. The van der Waals surface area contributed by atoms with Crippen LogP contribution in [0.15, 0.2) is 0 Å². The van der Waals surface area contributed by atoms with Crippen molar-refractivity contribution in [3.05, 3.63) is 5.01 Å². The fraction of sp³-hybridized carbons (Fsp3) is 0.778. The van der Waals surface area contributed by atoms with E-state index in [2.05, 4.69) is 29.4 Å². The van der Waals surface area contributed by atoms with Gasteiger partial charge in [0.2, 0.25) is 5.13 Å². The van der Waals surface area contributed by atoms with E-state index in [4.69, 9.17) is 4.74 Å². The molecule has 0 radical (unpaired) electrons. The Morgan fingerprint density at radius 2 is 2.14 bits per heavy atom. The number of hydrogen-bond donors (Lipinski definition) is 1. The van der Waals surface area contributed by atoms with E-state index >= 15 is 0 Å². The van der Waals surface area contributed by atoms with E-state index < -0.39 is 0 Å². The lowest BCUT2D eigenvalue weighted by atomic mass is 10.1. The fourth-order valence-corrected chi connectivity index (χ4v) is 1.56. The highest BCUT2D eigenvalue weighted by Gasteiger charge is 2.15. The predicted molar refractivity (Wildman–Crippen MR) is 58.8 cm³/mol. The maximum Gasteiger partial charge on any atom is 0.205 e. The van der Waals surface area contributed by atoms with E-state index in [1.807, 2.05) is 6.92 Å². The molecule has 0 aromatic carbocycles. The van der Waals surface area contributed by atoms with Gasteiger partial charge >= 0.3 is 0 Å². The van der Waals surface area contributed by atoms with Gasteiger partial charge in [0.25, 0.3) is 0 Å². The Labute approximate surface area is 88.7 Å². The van der Waals surface area contributed by atoms with E-state index in [1.54, 1.807) is 18.4 Å². The normalized spacial score (nSPS) is 11.7. The number of aryl methyl sites for hydroxylation is 1. The number of aromatic nitrogens is 2. The van der Waals surface area contributed by atoms with Crippen LogP contribution < -0.4 is 5.32 Å². The molecule has 1 heterocycles. The van der Waals surface area contributed by atoms with Crippen molar-refractivity contribution in [2.75, 3.05) is 19.0 Å². The monoisotopic (exact) mass is 215 g/mol. The van der Waals surface area contributed by atoms with Gasteiger partial charge in [-0.05, 0) is 27.2 Å². The molecule has 0 aliphatic rings. The largest absolute Gasteiger partial charge is 0.379 e. The van der Waals surface area contributed by atoms with Crippen LogP contribution in [0, 0.1) is 6.92 Å². The third kappa shape index (κ3) is 3.59. The molecule has 0 aliphatic carbocycles. The highest BCUT2D eigenvalue weighted by atomic mass is 32.1. The van der Waals surface area contributed by atoms with Crippen molar-refractivity contribution in [2.24, 2.45) is 0 Å². The molecular formula is C9H17N3OS. The average molecular weight is 215 g/mol. The zero-order chi connectivity index (χ0) is 10.6. The average Bonchev–Trinajstić information content (AvgIpc) is 2.51. The smallest absolute Gasteiger partial charge is 0.205 e. The maximum atomic E-state index is 5.31. The summed E-state index contributed by atoms with van der Waals surface area (Å²) in [4.78, 5) is 0. The number of nitrogens with one attached hydrogen (secondary N) is 1. The van der Waals surface area contributed by atoms with E-state index in [-0.39, 0.29) is 5.60 Å². The molecule has 80 valence electrons. The summed E-state index contributed by atoms with van der Waals surface area (Å²) in [5.74, 6) is 0. The lowest BCUT2D eigenvalue weighted by Gasteiger charge is -2.22. The van der Waals surface area contributed by atoms with E-state index in [0.717, 1.165) is 23.1 Å². The molecule has 1 aromatic rings. The zero-order valence-corrected chi connectivity index (χ0v) is 9.94. The van der Waals surface area contributed by atoms with Crippen molar-refractivity contribution in [1.29, 1.82) is 0 Å². The van der Waals surface area contributed by atoms with Gasteiger partial charge < -0.3 is 10.1 Å². The molecule has 0 amide bonds. The molecular weight excluding hydrogens is 198 g/mol. The molecule has 0 unspecified atom stereocenters. The minimum absolute atomic E-state index is 0.0767. The van der Waals surface area contributed by atoms with Gasteiger partial charge in [-0.1, -0.05) is 11.3 Å². The minimum Gasteiger partial charge on any atom is -0.379 e. The third-order valence-electron chi connectivity index (χ3n) is 2.08. The molecule has 4 nitrogen and oxygen atoms in total. The second-order valence-electron chi connectivity index (χ2n) is 3.77. The Hall–Kier alpha value is -0.680. The number of methoxy groups -OCH3 is 1. The van der Waals surface area contributed by atoms with Crippen LogP contribution in [0.3, 0.4) is 0 Å². The van der Waals surface area contributed by atoms with Gasteiger partial charge in [0.15, 0.2) is 0 Å². The Kier molecular flexibility index (Phi) is 3.83. The summed E-state index contributed by atoms with van der Waals surface area (Å²) in [7, 11) is 1.73. The Morgan fingerprint density at radius 3 is 2.64 bits per heavy atom. The van der Waals surface area contributed by atoms with Gasteiger partial charge in [0, 0.05) is 13.7 Å². The molecule has 1 rings (SSSR count). The number of nitrogens with zero attached hydrogens (tertiary/aromatic N) is 2. The van der Waals surface area contributed by atoms with E-state index in [1.165, 1.54) is 0 Å². The lowest BCUT2D eigenvalue weighted by molar-refractivity contribution is 0.0185. The van der Waals surface area contributed by atoms with Gasteiger partial charge in [-0.15, -0.1) is 10.2 Å². The number of hydrogen-bond acceptors (Lipinski definition) is 5. The van der Waals surface area contributed by atoms with Crippen molar-refractivity contribution < 1.29 is 4.74 Å². The van der Waals surface area contributed by atoms with Crippen molar-refractivity contribution >= 4 is 16.5 Å². The van der Waals surface area contributed by atoms with Crippen LogP contribution in [0.1, 0.15) is 25.3 Å². The van der Waals surface area contributed by atoms with Crippen molar-refractivity contribution in [3.63, 3.8) is 0 Å². The standard InChI is InChI=1S/C9H17N3OS/c1-7-11-12-8(14-7)10-6-5-9(2,3)13-4/h5-6H2,1-4H3,(H,10,12). The molecule has 0 bridgehead atoms. The topological polar surface area (TPSA) is 47.0 Å². The van der Waals surface area contributed by atoms with Crippen LogP contribution in [0.2, 0.25) is 0 Å². The first-order valence-electron chi connectivity index (χ1n) is 4.62. The summed E-state index contributed by atoms with van der Waals surface area (Å²) in [6.07, 6.45) is 0.947. The summed E-state index contributed by atoms with van der Waals surface area (Å²) in [6.45, 7) is 6.94. The summed E-state index contributed by atoms with van der Waals surface area (Å²) < 4.78 is 5.31. The van der Waals surface area contributed by atoms with Gasteiger partial charge in [-0.2, -0.15) is 0 Å². The fourth-order valence-electron chi connectivity index (χ4n) is 0.941. The summed E-state index contributed by atoms with van der Waals surface area (Å²) in [5, 5.41) is 13.0. The van der Waals surface area contributed by atoms with Crippen LogP contribution in [-0.2, 0) is 4.74 Å². The highest BCUT2D eigenvalue weighted by molar-refractivity contribution is 7.15. The van der Waals surface area contributed by atoms with Crippen LogP contribution in [-0.4, -0.2) is 29.5 Å². The molecule has 14 heavy (non-hydrogen) atoms. The predicted octanol–water partition coefficient (Wildman–Crippen LogP) is 2.07. The molecule has 1 N–H and O–H groups in total. The molecule has 0 fully saturated rings. The first-order chi connectivity index (χ1) is 6.53. The van der Waals surface area contributed by atoms with Crippen LogP contribution in [0.25, 0.3) is 0 Å². The molecule has 0 saturated carbocycles. The van der Waals surface area contributed by atoms with E-state index in [9.17, 15) is 0 Å². The summed E-state index contributed by atoms with van der Waals surface area (Å²) in [6, 6.07) is 0. The molecule has 0 aliphatic heterocycles. The van der Waals surface area contributed by atoms with Gasteiger partial charge in [-0.3, -0.25) is 0 Å². The minimum atomic E-state index is -0.0767. The van der Waals surface area contributed by atoms with Crippen molar-refractivity contribution in [2.45, 2.75) is 32.8 Å². The molecule has 0 saturated heterocycles. The van der Waals surface area contributed by atoms with Gasteiger partial charge in [-0.25, -0.2) is 0 Å². The first-order valence-corrected chi connectivity index (χ1v) is 5.44. The van der Waals surface area contributed by atoms with Crippen LogP contribution in [0.5, 0.6) is 0 Å². The first kappa shape index (κ1) is 11.4. The summed E-state index contributed by atoms with van der Waals surface area (Å²) >= 11 is 1.57. The molecule has 0 spiro atoms. The van der Waals surface area contributed by atoms with E-state index in [0.29, 0.717) is 0 Å². The lowest BCUT2D eigenvalue weighted by Crippen LogP contribution is -2.25. The Morgan fingerprint density at radius 1 is 1.43 bits per heavy atom. The number of rotatable bonds is 5. The Bertz CT molecular complexity index is 285.